The fourth-order valence-electron chi connectivity index (χ4n) is 2.91. The van der Waals surface area contributed by atoms with Gasteiger partial charge < -0.3 is 19.9 Å². The van der Waals surface area contributed by atoms with Gasteiger partial charge in [-0.25, -0.2) is 9.78 Å². The maximum absolute atomic E-state index is 11.9. The van der Waals surface area contributed by atoms with Crippen molar-refractivity contribution in [2.24, 2.45) is 0 Å². The lowest BCUT2D eigenvalue weighted by molar-refractivity contribution is 0.240. The number of hydrogen-bond acceptors (Lipinski definition) is 3. The molecule has 3 rings (SSSR count). The van der Waals surface area contributed by atoms with Crippen molar-refractivity contribution in [3.63, 3.8) is 0 Å². The van der Waals surface area contributed by atoms with Gasteiger partial charge in [0.05, 0.1) is 18.1 Å². The maximum atomic E-state index is 11.9. The number of methoxy groups -OCH3 is 1. The molecule has 0 aliphatic carbocycles. The standard InChI is InChI=1S/C20H24N4O2/c1-15-23-18-6-3-4-7-19(18)24(15)13-5-12-21-20(25)22-14-16-8-10-17(26-2)11-9-16/h3-4,6-11H,5,12-14H2,1-2H3,(H2,21,22,25). The van der Waals surface area contributed by atoms with Crippen LogP contribution in [0.5, 0.6) is 5.75 Å². The Balaban J connectivity index is 1.41. The average Bonchev–Trinajstić information content (AvgIpc) is 2.99. The molecule has 0 spiro atoms. The highest BCUT2D eigenvalue weighted by Gasteiger charge is 2.06. The Bertz CT molecular complexity index is 871. The lowest BCUT2D eigenvalue weighted by atomic mass is 10.2. The van der Waals surface area contributed by atoms with Crippen LogP contribution in [0.4, 0.5) is 4.79 Å². The minimum absolute atomic E-state index is 0.159. The first-order chi connectivity index (χ1) is 12.7. The number of aryl methyl sites for hydroxylation is 2. The number of amides is 2. The Hall–Kier alpha value is -3.02. The summed E-state index contributed by atoms with van der Waals surface area (Å²) in [5.41, 5.74) is 3.17. The van der Waals surface area contributed by atoms with Crippen molar-refractivity contribution in [3.8, 4) is 5.75 Å². The summed E-state index contributed by atoms with van der Waals surface area (Å²) in [6.45, 7) is 3.93. The molecule has 0 atom stereocenters. The molecule has 0 unspecified atom stereocenters. The predicted octanol–water partition coefficient (Wildman–Crippen LogP) is 3.24. The molecule has 136 valence electrons. The van der Waals surface area contributed by atoms with Gasteiger partial charge in [-0.05, 0) is 43.2 Å². The van der Waals surface area contributed by atoms with Crippen molar-refractivity contribution in [2.45, 2.75) is 26.4 Å². The van der Waals surface area contributed by atoms with E-state index in [1.165, 1.54) is 0 Å². The summed E-state index contributed by atoms with van der Waals surface area (Å²) in [6.07, 6.45) is 0.844. The molecule has 0 saturated carbocycles. The topological polar surface area (TPSA) is 68.2 Å². The van der Waals surface area contributed by atoms with E-state index < -0.39 is 0 Å². The van der Waals surface area contributed by atoms with E-state index >= 15 is 0 Å². The van der Waals surface area contributed by atoms with Crippen molar-refractivity contribution in [1.29, 1.82) is 0 Å². The van der Waals surface area contributed by atoms with Gasteiger partial charge in [-0.2, -0.15) is 0 Å². The second-order valence-corrected chi connectivity index (χ2v) is 6.11. The summed E-state index contributed by atoms with van der Waals surface area (Å²) in [4.78, 5) is 16.5. The van der Waals surface area contributed by atoms with Crippen molar-refractivity contribution in [2.75, 3.05) is 13.7 Å². The molecule has 0 aliphatic rings. The molecule has 2 aromatic carbocycles. The number of nitrogens with zero attached hydrogens (tertiary/aromatic N) is 2. The third-order valence-electron chi connectivity index (χ3n) is 4.30. The van der Waals surface area contributed by atoms with Gasteiger partial charge in [0, 0.05) is 19.6 Å². The molecule has 1 heterocycles. The molecule has 1 aromatic heterocycles. The van der Waals surface area contributed by atoms with Crippen molar-refractivity contribution in [1.82, 2.24) is 20.2 Å². The van der Waals surface area contributed by atoms with Crippen LogP contribution in [0.25, 0.3) is 11.0 Å². The summed E-state index contributed by atoms with van der Waals surface area (Å²) >= 11 is 0. The summed E-state index contributed by atoms with van der Waals surface area (Å²) < 4.78 is 7.31. The lowest BCUT2D eigenvalue weighted by Crippen LogP contribution is -2.35. The summed E-state index contributed by atoms with van der Waals surface area (Å²) in [5, 5.41) is 5.76. The van der Waals surface area contributed by atoms with Crippen LogP contribution in [-0.2, 0) is 13.1 Å². The van der Waals surface area contributed by atoms with E-state index in [2.05, 4.69) is 26.3 Å². The van der Waals surface area contributed by atoms with Crippen molar-refractivity contribution in [3.05, 3.63) is 59.9 Å². The number of carbonyl (C=O) groups excluding carboxylic acids is 1. The van der Waals surface area contributed by atoms with Gasteiger partial charge in [-0.3, -0.25) is 0 Å². The monoisotopic (exact) mass is 352 g/mol. The molecule has 6 heteroatoms. The first-order valence-electron chi connectivity index (χ1n) is 8.74. The van der Waals surface area contributed by atoms with Gasteiger partial charge >= 0.3 is 6.03 Å². The fraction of sp³-hybridized carbons (Fsp3) is 0.300. The van der Waals surface area contributed by atoms with E-state index in [0.717, 1.165) is 41.1 Å². The molecule has 0 aliphatic heterocycles. The first-order valence-corrected chi connectivity index (χ1v) is 8.74. The first kappa shape index (κ1) is 17.8. The van der Waals surface area contributed by atoms with Crippen LogP contribution in [-0.4, -0.2) is 29.2 Å². The van der Waals surface area contributed by atoms with E-state index in [9.17, 15) is 4.79 Å². The normalized spacial score (nSPS) is 10.7. The Morgan fingerprint density at radius 3 is 2.65 bits per heavy atom. The van der Waals surface area contributed by atoms with Crippen LogP contribution in [0, 0.1) is 6.92 Å². The number of para-hydroxylation sites is 2. The fourth-order valence-corrected chi connectivity index (χ4v) is 2.91. The molecule has 26 heavy (non-hydrogen) atoms. The van der Waals surface area contributed by atoms with Crippen molar-refractivity contribution >= 4 is 17.1 Å². The molecular formula is C20H24N4O2. The van der Waals surface area contributed by atoms with Gasteiger partial charge in [0.25, 0.3) is 0 Å². The van der Waals surface area contributed by atoms with E-state index in [4.69, 9.17) is 4.74 Å². The van der Waals surface area contributed by atoms with Crippen LogP contribution < -0.4 is 15.4 Å². The van der Waals surface area contributed by atoms with Gasteiger partial charge in [0.2, 0.25) is 0 Å². The lowest BCUT2D eigenvalue weighted by Gasteiger charge is -2.10. The number of hydrogen-bond donors (Lipinski definition) is 2. The summed E-state index contributed by atoms with van der Waals surface area (Å²) in [6, 6.07) is 15.6. The number of rotatable bonds is 7. The van der Waals surface area contributed by atoms with Crippen LogP contribution >= 0.6 is 0 Å². The van der Waals surface area contributed by atoms with Crippen LogP contribution in [0.1, 0.15) is 17.8 Å². The van der Waals surface area contributed by atoms with E-state index in [1.54, 1.807) is 7.11 Å². The molecule has 0 radical (unpaired) electrons. The SMILES string of the molecule is COc1ccc(CNC(=O)NCCCn2c(C)nc3ccccc32)cc1. The molecular weight excluding hydrogens is 328 g/mol. The number of ether oxygens (including phenoxy) is 1. The number of benzene rings is 2. The highest BCUT2D eigenvalue weighted by atomic mass is 16.5. The second kappa shape index (κ2) is 8.38. The molecule has 2 amide bonds. The molecule has 0 bridgehead atoms. The zero-order valence-corrected chi connectivity index (χ0v) is 15.2. The number of aromatic nitrogens is 2. The van der Waals surface area contributed by atoms with Crippen molar-refractivity contribution < 1.29 is 9.53 Å². The van der Waals surface area contributed by atoms with Gasteiger partial charge in [-0.1, -0.05) is 24.3 Å². The Morgan fingerprint density at radius 1 is 1.12 bits per heavy atom. The number of imidazole rings is 1. The molecule has 6 nitrogen and oxygen atoms in total. The Labute approximate surface area is 153 Å². The number of fused-ring (bicyclic) bond motifs is 1. The quantitative estimate of drug-likeness (QED) is 0.642. The zero-order valence-electron chi connectivity index (χ0n) is 15.2. The molecule has 0 fully saturated rings. The van der Waals surface area contributed by atoms with Crippen LogP contribution in [0.3, 0.4) is 0 Å². The minimum Gasteiger partial charge on any atom is -0.497 e. The zero-order chi connectivity index (χ0) is 18.4. The number of carbonyl (C=O) groups is 1. The Morgan fingerprint density at radius 2 is 1.88 bits per heavy atom. The maximum Gasteiger partial charge on any atom is 0.315 e. The third-order valence-corrected chi connectivity index (χ3v) is 4.30. The minimum atomic E-state index is -0.159. The van der Waals surface area contributed by atoms with E-state index in [1.807, 2.05) is 49.4 Å². The van der Waals surface area contributed by atoms with Crippen LogP contribution in [0.15, 0.2) is 48.5 Å². The highest BCUT2D eigenvalue weighted by Crippen LogP contribution is 2.15. The van der Waals surface area contributed by atoms with Crippen LogP contribution in [0.2, 0.25) is 0 Å². The average molecular weight is 352 g/mol. The second-order valence-electron chi connectivity index (χ2n) is 6.11. The number of nitrogens with one attached hydrogen (secondary N) is 2. The smallest absolute Gasteiger partial charge is 0.315 e. The summed E-state index contributed by atoms with van der Waals surface area (Å²) in [7, 11) is 1.63. The van der Waals surface area contributed by atoms with Gasteiger partial charge in [-0.15, -0.1) is 0 Å². The highest BCUT2D eigenvalue weighted by molar-refractivity contribution is 5.76. The largest absolute Gasteiger partial charge is 0.497 e. The van der Waals surface area contributed by atoms with Gasteiger partial charge in [0.1, 0.15) is 11.6 Å². The van der Waals surface area contributed by atoms with E-state index in [0.29, 0.717) is 13.1 Å². The third kappa shape index (κ3) is 4.33. The Kier molecular flexibility index (Phi) is 5.73. The van der Waals surface area contributed by atoms with E-state index in [-0.39, 0.29) is 6.03 Å². The van der Waals surface area contributed by atoms with Gasteiger partial charge in [0.15, 0.2) is 0 Å². The molecule has 0 saturated heterocycles. The summed E-state index contributed by atoms with van der Waals surface area (Å²) in [5.74, 6) is 1.80. The molecule has 2 N–H and O–H groups in total. The molecule has 3 aromatic rings. The predicted molar refractivity (Wildman–Crippen MR) is 102 cm³/mol. The number of urea groups is 1.